The van der Waals surface area contributed by atoms with E-state index in [-0.39, 0.29) is 28.2 Å². The predicted molar refractivity (Wildman–Crippen MR) is 122 cm³/mol. The Morgan fingerprint density at radius 3 is 2.65 bits per heavy atom. The van der Waals surface area contributed by atoms with Crippen LogP contribution in [0.5, 0.6) is 0 Å². The number of hydrogen-bond donors (Lipinski definition) is 1. The average molecular weight is 536 g/mol. The molecule has 34 heavy (non-hydrogen) atoms. The maximum absolute atomic E-state index is 15.2. The van der Waals surface area contributed by atoms with Crippen molar-refractivity contribution in [3.63, 3.8) is 0 Å². The van der Waals surface area contributed by atoms with Crippen molar-refractivity contribution in [2.45, 2.75) is 56.4 Å². The summed E-state index contributed by atoms with van der Waals surface area (Å²) in [5.41, 5.74) is 6.17. The van der Waals surface area contributed by atoms with Gasteiger partial charge < -0.3 is 5.73 Å². The Balaban J connectivity index is 1.74. The van der Waals surface area contributed by atoms with Crippen molar-refractivity contribution in [1.29, 1.82) is 0 Å². The van der Waals surface area contributed by atoms with Crippen LogP contribution in [0.15, 0.2) is 24.8 Å². The molecule has 3 atom stereocenters. The van der Waals surface area contributed by atoms with E-state index in [1.54, 1.807) is 0 Å². The standard InChI is InChI=1S/C21H23Cl3F2N6O2/c1-20(4-5-20)7-15(27)18(33)30(19(34)21(23)6-12(25)8-32(21)24)9-13-16(31-11-28-10-29-31)3-2-14(22)17(13)26/h2-3,10-12,15H,4-9,27H2,1H3/t12-,15-,21+/m1/s1. The lowest BCUT2D eigenvalue weighted by Crippen LogP contribution is -2.55. The molecule has 4 rings (SSSR count). The minimum absolute atomic E-state index is 0.106. The van der Waals surface area contributed by atoms with Crippen LogP contribution < -0.4 is 5.73 Å². The van der Waals surface area contributed by atoms with Crippen LogP contribution in [-0.4, -0.2) is 59.7 Å². The lowest BCUT2D eigenvalue weighted by atomic mass is 9.98. The van der Waals surface area contributed by atoms with Gasteiger partial charge >= 0.3 is 0 Å². The zero-order chi connectivity index (χ0) is 24.8. The van der Waals surface area contributed by atoms with Crippen LogP contribution in [0, 0.1) is 11.2 Å². The van der Waals surface area contributed by atoms with E-state index in [9.17, 15) is 14.0 Å². The molecule has 0 spiro atoms. The molecule has 0 unspecified atom stereocenters. The van der Waals surface area contributed by atoms with E-state index in [1.165, 1.54) is 29.5 Å². The van der Waals surface area contributed by atoms with Gasteiger partial charge in [-0.2, -0.15) is 9.52 Å². The second-order valence-corrected chi connectivity index (χ2v) is 10.6. The van der Waals surface area contributed by atoms with Gasteiger partial charge in [0.15, 0.2) is 5.00 Å². The second-order valence-electron chi connectivity index (χ2n) is 9.16. The highest BCUT2D eigenvalue weighted by molar-refractivity contribution is 6.38. The van der Waals surface area contributed by atoms with Crippen molar-refractivity contribution in [3.05, 3.63) is 41.2 Å². The molecular formula is C21H23Cl3F2N6O2. The summed E-state index contributed by atoms with van der Waals surface area (Å²) < 4.78 is 31.4. The zero-order valence-corrected chi connectivity index (χ0v) is 20.5. The third-order valence-corrected chi connectivity index (χ3v) is 7.69. The molecule has 1 saturated carbocycles. The van der Waals surface area contributed by atoms with Crippen LogP contribution in [0.2, 0.25) is 5.02 Å². The second kappa shape index (κ2) is 9.31. The first kappa shape index (κ1) is 25.2. The molecular weight excluding hydrogens is 513 g/mol. The average Bonchev–Trinajstić information content (AvgIpc) is 3.16. The van der Waals surface area contributed by atoms with Gasteiger partial charge in [0.1, 0.15) is 24.6 Å². The lowest BCUT2D eigenvalue weighted by molar-refractivity contribution is -0.150. The molecule has 2 fully saturated rings. The van der Waals surface area contributed by atoms with Gasteiger partial charge in [-0.1, -0.05) is 30.1 Å². The molecule has 1 aliphatic carbocycles. The Morgan fingerprint density at radius 2 is 2.09 bits per heavy atom. The van der Waals surface area contributed by atoms with Crippen molar-refractivity contribution in [2.24, 2.45) is 11.1 Å². The van der Waals surface area contributed by atoms with Crippen LogP contribution >= 0.6 is 35.0 Å². The quantitative estimate of drug-likeness (QED) is 0.331. The largest absolute Gasteiger partial charge is 0.320 e. The third kappa shape index (κ3) is 4.79. The first-order chi connectivity index (χ1) is 15.9. The number of benzene rings is 1. The summed E-state index contributed by atoms with van der Waals surface area (Å²) in [6.45, 7) is 1.11. The molecule has 2 aromatic rings. The summed E-state index contributed by atoms with van der Waals surface area (Å²) in [4.78, 5) is 29.6. The van der Waals surface area contributed by atoms with E-state index in [4.69, 9.17) is 40.7 Å². The van der Waals surface area contributed by atoms with Crippen LogP contribution in [0.1, 0.15) is 38.2 Å². The highest BCUT2D eigenvalue weighted by Gasteiger charge is 2.54. The molecule has 1 saturated heterocycles. The molecule has 1 aliphatic heterocycles. The summed E-state index contributed by atoms with van der Waals surface area (Å²) in [5, 5.41) is 3.77. The monoisotopic (exact) mass is 534 g/mol. The van der Waals surface area contributed by atoms with Gasteiger partial charge in [0.2, 0.25) is 5.91 Å². The Labute approximate surface area is 210 Å². The van der Waals surface area contributed by atoms with Crippen molar-refractivity contribution >= 4 is 46.8 Å². The third-order valence-electron chi connectivity index (χ3n) is 6.36. The van der Waals surface area contributed by atoms with E-state index in [0.717, 1.165) is 22.2 Å². The number of amides is 2. The van der Waals surface area contributed by atoms with Crippen LogP contribution in [0.4, 0.5) is 8.78 Å². The number of hydrogen-bond acceptors (Lipinski definition) is 6. The van der Waals surface area contributed by atoms with Gasteiger partial charge in [0.25, 0.3) is 5.91 Å². The highest BCUT2D eigenvalue weighted by Crippen LogP contribution is 2.49. The van der Waals surface area contributed by atoms with Crippen molar-refractivity contribution < 1.29 is 18.4 Å². The van der Waals surface area contributed by atoms with Gasteiger partial charge in [0.05, 0.1) is 23.3 Å². The number of rotatable bonds is 7. The normalized spacial score (nSPS) is 24.7. The molecule has 8 nitrogen and oxygen atoms in total. The Hall–Kier alpha value is -1.85. The fourth-order valence-electron chi connectivity index (χ4n) is 4.10. The van der Waals surface area contributed by atoms with Crippen molar-refractivity contribution in [3.8, 4) is 5.69 Å². The molecule has 1 aromatic heterocycles. The minimum Gasteiger partial charge on any atom is -0.320 e. The highest BCUT2D eigenvalue weighted by atomic mass is 35.5. The van der Waals surface area contributed by atoms with E-state index < -0.39 is 47.8 Å². The van der Waals surface area contributed by atoms with E-state index in [0.29, 0.717) is 6.42 Å². The predicted octanol–water partition coefficient (Wildman–Crippen LogP) is 3.57. The summed E-state index contributed by atoms with van der Waals surface area (Å²) >= 11 is 18.5. The first-order valence-electron chi connectivity index (χ1n) is 10.6. The van der Waals surface area contributed by atoms with Crippen molar-refractivity contribution in [2.75, 3.05) is 6.54 Å². The van der Waals surface area contributed by atoms with Gasteiger partial charge in [0, 0.05) is 18.5 Å². The number of alkyl halides is 2. The summed E-state index contributed by atoms with van der Waals surface area (Å²) in [6.07, 6.45) is 2.78. The zero-order valence-electron chi connectivity index (χ0n) is 18.2. The van der Waals surface area contributed by atoms with Crippen LogP contribution in [0.25, 0.3) is 5.69 Å². The minimum atomic E-state index is -2.04. The smallest absolute Gasteiger partial charge is 0.266 e. The first-order valence-corrected chi connectivity index (χ1v) is 11.7. The molecule has 2 aliphatic rings. The van der Waals surface area contributed by atoms with Gasteiger partial charge in [-0.15, -0.1) is 0 Å². The number of nitrogens with two attached hydrogens (primary N) is 1. The molecule has 13 heteroatoms. The molecule has 0 radical (unpaired) electrons. The Kier molecular flexibility index (Phi) is 6.91. The number of nitrogens with zero attached hydrogens (tertiary/aromatic N) is 5. The number of aromatic nitrogens is 3. The van der Waals surface area contributed by atoms with Gasteiger partial charge in [-0.05, 0) is 48.6 Å². The molecule has 1 aromatic carbocycles. The Morgan fingerprint density at radius 1 is 1.38 bits per heavy atom. The SMILES string of the molecule is CC1(C[C@@H](N)C(=O)N(Cc2c(-n3cncn3)ccc(Cl)c2F)C(=O)[C@]2(Cl)C[C@@H](F)CN2Cl)CC1. The summed E-state index contributed by atoms with van der Waals surface area (Å²) in [6, 6.07) is 1.74. The van der Waals surface area contributed by atoms with E-state index in [2.05, 4.69) is 10.1 Å². The van der Waals surface area contributed by atoms with E-state index in [1.807, 2.05) is 6.92 Å². The number of halogens is 5. The topological polar surface area (TPSA) is 97.4 Å². The molecule has 0 bridgehead atoms. The number of carbonyl (C=O) groups excluding carboxylic acids is 2. The molecule has 184 valence electrons. The maximum atomic E-state index is 15.2. The fraction of sp³-hybridized carbons (Fsp3) is 0.524. The van der Waals surface area contributed by atoms with Crippen LogP contribution in [0.3, 0.4) is 0 Å². The van der Waals surface area contributed by atoms with Crippen molar-refractivity contribution in [1.82, 2.24) is 24.1 Å². The van der Waals surface area contributed by atoms with Gasteiger partial charge in [-0.3, -0.25) is 14.5 Å². The molecule has 2 heterocycles. The Bertz CT molecular complexity index is 1100. The van der Waals surface area contributed by atoms with Crippen LogP contribution in [-0.2, 0) is 16.1 Å². The lowest BCUT2D eigenvalue weighted by Gasteiger charge is -2.33. The molecule has 2 amide bonds. The number of carbonyl (C=O) groups is 2. The number of imide groups is 1. The molecule has 2 N–H and O–H groups in total. The van der Waals surface area contributed by atoms with E-state index >= 15 is 4.39 Å². The summed E-state index contributed by atoms with van der Waals surface area (Å²) in [7, 11) is 0. The fourth-order valence-corrected chi connectivity index (χ4v) is 4.90. The summed E-state index contributed by atoms with van der Waals surface area (Å²) in [5.74, 6) is -2.62. The van der Waals surface area contributed by atoms with Gasteiger partial charge in [-0.25, -0.2) is 18.4 Å². The maximum Gasteiger partial charge on any atom is 0.266 e.